The molecule has 36 heavy (non-hydrogen) atoms. The van der Waals surface area contributed by atoms with Crippen LogP contribution in [0.5, 0.6) is 11.5 Å². The Morgan fingerprint density at radius 2 is 2.11 bits per heavy atom. The Kier molecular flexibility index (Phi) is 5.63. The Morgan fingerprint density at radius 3 is 2.86 bits per heavy atom. The Bertz CT molecular complexity index is 1190. The molecule has 2 aromatic rings. The van der Waals surface area contributed by atoms with Crippen LogP contribution in [0.3, 0.4) is 0 Å². The molecule has 2 aliphatic carbocycles. The van der Waals surface area contributed by atoms with Gasteiger partial charge in [0, 0.05) is 24.8 Å². The average molecular weight is 491 g/mol. The minimum Gasteiger partial charge on any atom is -0.504 e. The molecule has 2 aliphatic heterocycles. The van der Waals surface area contributed by atoms with Gasteiger partial charge in [-0.05, 0) is 56.3 Å². The summed E-state index contributed by atoms with van der Waals surface area (Å²) in [6.07, 6.45) is 3.18. The lowest BCUT2D eigenvalue weighted by Crippen LogP contribution is -2.78. The van der Waals surface area contributed by atoms with Gasteiger partial charge >= 0.3 is 0 Å². The van der Waals surface area contributed by atoms with Gasteiger partial charge in [0.2, 0.25) is 0 Å². The minimum absolute atomic E-state index is 0.0736. The standard InChI is InChI=1S/C29H34N2O5/c1-3-15-31-16-14-28-23-19-10-11-21(32)25(23)36-26(28)20(12-13-29(28,34)22(31)17-19)30-27(33)24(35-4-2)18-8-6-5-7-9-18/h3,5-11,20,22,24,26,32,34H,1,4,12-17H2,2H3,(H,30,33)/t20?,22-,24?,26?,28+,29-/m1/s1. The maximum Gasteiger partial charge on any atom is 0.254 e. The summed E-state index contributed by atoms with van der Waals surface area (Å²) in [7, 11) is 0. The summed E-state index contributed by atoms with van der Waals surface area (Å²) in [6.45, 7) is 7.71. The number of amides is 1. The Hall–Kier alpha value is -2.87. The molecule has 1 saturated carbocycles. The Balaban J connectivity index is 1.38. The number of hydrogen-bond acceptors (Lipinski definition) is 6. The first-order valence-corrected chi connectivity index (χ1v) is 13.0. The van der Waals surface area contributed by atoms with Crippen molar-refractivity contribution in [1.29, 1.82) is 0 Å². The molecule has 1 spiro atoms. The van der Waals surface area contributed by atoms with Gasteiger partial charge in [0.05, 0.1) is 17.1 Å². The zero-order valence-corrected chi connectivity index (χ0v) is 20.7. The molecule has 7 heteroatoms. The van der Waals surface area contributed by atoms with Crippen LogP contribution in [-0.2, 0) is 21.4 Å². The molecule has 0 aromatic heterocycles. The second kappa shape index (κ2) is 8.61. The molecule has 2 aromatic carbocycles. The number of aromatic hydroxyl groups is 1. The lowest BCUT2D eigenvalue weighted by Gasteiger charge is -2.64. The molecular formula is C29H34N2O5. The third-order valence-corrected chi connectivity index (χ3v) is 8.94. The number of aliphatic hydroxyl groups is 1. The first kappa shape index (κ1) is 23.5. The molecule has 6 atom stereocenters. The third-order valence-electron chi connectivity index (χ3n) is 8.94. The van der Waals surface area contributed by atoms with E-state index in [1.807, 2.05) is 49.4 Å². The van der Waals surface area contributed by atoms with Crippen molar-refractivity contribution in [3.63, 3.8) is 0 Å². The van der Waals surface area contributed by atoms with E-state index in [9.17, 15) is 15.0 Å². The zero-order valence-electron chi connectivity index (χ0n) is 20.7. The van der Waals surface area contributed by atoms with Crippen molar-refractivity contribution in [1.82, 2.24) is 10.2 Å². The van der Waals surface area contributed by atoms with Crippen LogP contribution in [0.2, 0.25) is 0 Å². The fourth-order valence-corrected chi connectivity index (χ4v) is 7.54. The van der Waals surface area contributed by atoms with Crippen molar-refractivity contribution in [2.75, 3.05) is 19.7 Å². The van der Waals surface area contributed by atoms with Crippen molar-refractivity contribution in [2.24, 2.45) is 0 Å². The highest BCUT2D eigenvalue weighted by atomic mass is 16.5. The van der Waals surface area contributed by atoms with Gasteiger partial charge in [0.15, 0.2) is 17.6 Å². The second-order valence-corrected chi connectivity index (χ2v) is 10.5. The summed E-state index contributed by atoms with van der Waals surface area (Å²) in [5, 5.41) is 26.4. The summed E-state index contributed by atoms with van der Waals surface area (Å²) < 4.78 is 12.4. The number of nitrogens with one attached hydrogen (secondary N) is 1. The van der Waals surface area contributed by atoms with E-state index >= 15 is 0 Å². The van der Waals surface area contributed by atoms with Gasteiger partial charge in [-0.3, -0.25) is 9.69 Å². The lowest BCUT2D eigenvalue weighted by atomic mass is 9.48. The number of phenols is 1. The average Bonchev–Trinajstić information content (AvgIpc) is 3.24. The maximum absolute atomic E-state index is 13.6. The van der Waals surface area contributed by atoms with E-state index in [-0.39, 0.29) is 23.7 Å². The lowest BCUT2D eigenvalue weighted by molar-refractivity contribution is -0.190. The van der Waals surface area contributed by atoms with Crippen LogP contribution >= 0.6 is 0 Å². The van der Waals surface area contributed by atoms with E-state index in [1.54, 1.807) is 6.07 Å². The molecule has 1 amide bonds. The number of nitrogens with zero attached hydrogens (tertiary/aromatic N) is 1. The topological polar surface area (TPSA) is 91.3 Å². The number of piperidine rings is 1. The summed E-state index contributed by atoms with van der Waals surface area (Å²) in [6, 6.07) is 12.8. The minimum atomic E-state index is -1.02. The van der Waals surface area contributed by atoms with Crippen molar-refractivity contribution in [3.8, 4) is 11.5 Å². The predicted molar refractivity (Wildman–Crippen MR) is 135 cm³/mol. The molecule has 190 valence electrons. The fraction of sp³-hybridized carbons (Fsp3) is 0.483. The van der Waals surface area contributed by atoms with Crippen molar-refractivity contribution in [2.45, 2.75) is 67.9 Å². The molecule has 2 fully saturated rings. The monoisotopic (exact) mass is 490 g/mol. The molecule has 4 aliphatic rings. The third kappa shape index (κ3) is 3.12. The van der Waals surface area contributed by atoms with Crippen molar-refractivity contribution >= 4 is 5.91 Å². The Morgan fingerprint density at radius 1 is 1.31 bits per heavy atom. The van der Waals surface area contributed by atoms with Gasteiger partial charge < -0.3 is 25.0 Å². The van der Waals surface area contributed by atoms with Crippen LogP contribution in [-0.4, -0.2) is 64.5 Å². The molecule has 2 heterocycles. The molecule has 3 N–H and O–H groups in total. The van der Waals surface area contributed by atoms with Crippen molar-refractivity contribution in [3.05, 3.63) is 71.8 Å². The van der Waals surface area contributed by atoms with Gasteiger partial charge in [-0.2, -0.15) is 0 Å². The summed E-state index contributed by atoms with van der Waals surface area (Å²) in [5.41, 5.74) is 1.13. The number of benzene rings is 2. The molecule has 7 nitrogen and oxygen atoms in total. The highest BCUT2D eigenvalue weighted by Crippen LogP contribution is 2.65. The largest absolute Gasteiger partial charge is 0.504 e. The van der Waals surface area contributed by atoms with Gasteiger partial charge in [0.1, 0.15) is 6.10 Å². The molecule has 6 rings (SSSR count). The number of carbonyl (C=O) groups is 1. The van der Waals surface area contributed by atoms with Crippen LogP contribution in [0, 0.1) is 0 Å². The molecule has 2 bridgehead atoms. The Labute approximate surface area is 211 Å². The highest BCUT2D eigenvalue weighted by Gasteiger charge is 2.73. The van der Waals surface area contributed by atoms with Crippen LogP contribution in [0.15, 0.2) is 55.1 Å². The SMILES string of the molecule is C=CCN1CC[C@]23c4c5ccc(O)c4OC2C(NC(=O)C(OCC)c2ccccc2)CC[C@@]3(O)[C@H]1C5. The van der Waals surface area contributed by atoms with Crippen LogP contribution in [0.1, 0.15) is 49.0 Å². The number of phenolic OH excluding ortho intramolecular Hbond substituents is 1. The second-order valence-electron chi connectivity index (χ2n) is 10.5. The highest BCUT2D eigenvalue weighted by molar-refractivity contribution is 5.82. The van der Waals surface area contributed by atoms with E-state index < -0.39 is 23.2 Å². The van der Waals surface area contributed by atoms with Gasteiger partial charge in [-0.25, -0.2) is 0 Å². The molecule has 1 saturated heterocycles. The molecular weight excluding hydrogens is 456 g/mol. The van der Waals surface area contributed by atoms with Crippen LogP contribution in [0.4, 0.5) is 0 Å². The first-order chi connectivity index (χ1) is 17.4. The number of carbonyl (C=O) groups excluding carboxylic acids is 1. The first-order valence-electron chi connectivity index (χ1n) is 13.0. The summed E-state index contributed by atoms with van der Waals surface area (Å²) >= 11 is 0. The quantitative estimate of drug-likeness (QED) is 0.517. The van der Waals surface area contributed by atoms with Gasteiger partial charge in [-0.15, -0.1) is 6.58 Å². The molecule has 3 unspecified atom stereocenters. The number of likely N-dealkylation sites (tertiary alicyclic amines) is 1. The van der Waals surface area contributed by atoms with Crippen LogP contribution in [0.25, 0.3) is 0 Å². The summed E-state index contributed by atoms with van der Waals surface area (Å²) in [5.74, 6) is 0.348. The van der Waals surface area contributed by atoms with E-state index in [4.69, 9.17) is 9.47 Å². The predicted octanol–water partition coefficient (Wildman–Crippen LogP) is 2.99. The normalized spacial score (nSPS) is 32.8. The number of ether oxygens (including phenoxy) is 2. The summed E-state index contributed by atoms with van der Waals surface area (Å²) in [4.78, 5) is 15.9. The van der Waals surface area contributed by atoms with Crippen molar-refractivity contribution < 1.29 is 24.5 Å². The molecule has 0 radical (unpaired) electrons. The van der Waals surface area contributed by atoms with Crippen LogP contribution < -0.4 is 10.1 Å². The maximum atomic E-state index is 13.6. The smallest absolute Gasteiger partial charge is 0.254 e. The van der Waals surface area contributed by atoms with E-state index in [1.165, 1.54) is 0 Å². The number of hydrogen-bond donors (Lipinski definition) is 3. The van der Waals surface area contributed by atoms with E-state index in [2.05, 4.69) is 16.8 Å². The van der Waals surface area contributed by atoms with E-state index in [0.717, 1.165) is 23.2 Å². The van der Waals surface area contributed by atoms with Gasteiger partial charge in [0.25, 0.3) is 5.91 Å². The zero-order chi connectivity index (χ0) is 25.1. The number of rotatable bonds is 7. The fourth-order valence-electron chi connectivity index (χ4n) is 7.54. The van der Waals surface area contributed by atoms with E-state index in [0.29, 0.717) is 44.6 Å². The van der Waals surface area contributed by atoms with Gasteiger partial charge in [-0.1, -0.05) is 42.5 Å².